The Hall–Kier alpha value is -1.30. The molecule has 0 bridgehead atoms. The SMILES string of the molecule is CCCCCC/C=C(\C#N)C(=O)OCC(C)C. The third-order valence-electron chi connectivity index (χ3n) is 2.29. The van der Waals surface area contributed by atoms with E-state index in [1.54, 1.807) is 6.08 Å². The number of rotatable bonds is 8. The second kappa shape index (κ2) is 9.89. The van der Waals surface area contributed by atoms with Crippen molar-refractivity contribution in [3.63, 3.8) is 0 Å². The molecule has 0 aliphatic carbocycles. The van der Waals surface area contributed by atoms with E-state index in [9.17, 15) is 4.79 Å². The van der Waals surface area contributed by atoms with Crippen molar-refractivity contribution < 1.29 is 9.53 Å². The minimum absolute atomic E-state index is 0.141. The van der Waals surface area contributed by atoms with Crippen LogP contribution in [-0.2, 0) is 9.53 Å². The number of unbranched alkanes of at least 4 members (excludes halogenated alkanes) is 4. The minimum atomic E-state index is -0.489. The Morgan fingerprint density at radius 1 is 1.35 bits per heavy atom. The maximum atomic E-state index is 11.5. The van der Waals surface area contributed by atoms with Crippen LogP contribution in [0.2, 0.25) is 0 Å². The van der Waals surface area contributed by atoms with Crippen LogP contribution in [0.15, 0.2) is 11.6 Å². The van der Waals surface area contributed by atoms with Crippen LogP contribution in [0.3, 0.4) is 0 Å². The van der Waals surface area contributed by atoms with E-state index in [1.807, 2.05) is 19.9 Å². The van der Waals surface area contributed by atoms with Crippen molar-refractivity contribution in [3.05, 3.63) is 11.6 Å². The zero-order valence-electron chi connectivity index (χ0n) is 11.2. The van der Waals surface area contributed by atoms with Gasteiger partial charge in [0, 0.05) is 0 Å². The Bertz CT molecular complexity index is 287. The maximum Gasteiger partial charge on any atom is 0.348 e. The quantitative estimate of drug-likeness (QED) is 0.280. The van der Waals surface area contributed by atoms with Gasteiger partial charge in [-0.05, 0) is 18.8 Å². The van der Waals surface area contributed by atoms with Crippen molar-refractivity contribution >= 4 is 5.97 Å². The van der Waals surface area contributed by atoms with Gasteiger partial charge in [-0.15, -0.1) is 0 Å². The van der Waals surface area contributed by atoms with E-state index in [0.29, 0.717) is 12.5 Å². The molecule has 0 aromatic carbocycles. The number of carbonyl (C=O) groups excluding carboxylic acids is 1. The van der Waals surface area contributed by atoms with Crippen LogP contribution >= 0.6 is 0 Å². The molecule has 0 N–H and O–H groups in total. The van der Waals surface area contributed by atoms with Crippen LogP contribution in [-0.4, -0.2) is 12.6 Å². The van der Waals surface area contributed by atoms with E-state index in [1.165, 1.54) is 12.8 Å². The van der Waals surface area contributed by atoms with Crippen molar-refractivity contribution in [1.82, 2.24) is 0 Å². The molecule has 0 aromatic heterocycles. The fourth-order valence-electron chi connectivity index (χ4n) is 1.31. The predicted octanol–water partition coefficient (Wildman–Crippen LogP) is 3.61. The zero-order chi connectivity index (χ0) is 13.1. The van der Waals surface area contributed by atoms with Gasteiger partial charge in [-0.2, -0.15) is 5.26 Å². The maximum absolute atomic E-state index is 11.5. The zero-order valence-corrected chi connectivity index (χ0v) is 11.2. The largest absolute Gasteiger partial charge is 0.461 e. The van der Waals surface area contributed by atoms with Crippen LogP contribution in [0.4, 0.5) is 0 Å². The number of esters is 1. The minimum Gasteiger partial charge on any atom is -0.461 e. The van der Waals surface area contributed by atoms with Crippen LogP contribution in [0.25, 0.3) is 0 Å². The van der Waals surface area contributed by atoms with Gasteiger partial charge in [-0.1, -0.05) is 46.1 Å². The standard InChI is InChI=1S/C14H23NO2/c1-4-5-6-7-8-9-13(10-15)14(16)17-11-12(2)3/h9,12H,4-8,11H2,1-3H3/b13-9+. The number of nitriles is 1. The molecule has 0 spiro atoms. The van der Waals surface area contributed by atoms with Gasteiger partial charge in [0.2, 0.25) is 0 Å². The highest BCUT2D eigenvalue weighted by Crippen LogP contribution is 2.07. The summed E-state index contributed by atoms with van der Waals surface area (Å²) in [6, 6.07) is 1.90. The van der Waals surface area contributed by atoms with Crippen molar-refractivity contribution in [2.24, 2.45) is 5.92 Å². The summed E-state index contributed by atoms with van der Waals surface area (Å²) < 4.78 is 5.00. The highest BCUT2D eigenvalue weighted by atomic mass is 16.5. The van der Waals surface area contributed by atoms with Crippen LogP contribution in [0, 0.1) is 17.2 Å². The van der Waals surface area contributed by atoms with Gasteiger partial charge in [0.05, 0.1) is 6.61 Å². The molecule has 0 unspecified atom stereocenters. The molecule has 17 heavy (non-hydrogen) atoms. The van der Waals surface area contributed by atoms with E-state index < -0.39 is 5.97 Å². The van der Waals surface area contributed by atoms with Gasteiger partial charge in [-0.3, -0.25) is 0 Å². The number of hydrogen-bond acceptors (Lipinski definition) is 3. The highest BCUT2D eigenvalue weighted by Gasteiger charge is 2.10. The molecule has 0 saturated heterocycles. The first-order valence-corrected chi connectivity index (χ1v) is 6.39. The van der Waals surface area contributed by atoms with E-state index in [0.717, 1.165) is 19.3 Å². The van der Waals surface area contributed by atoms with Gasteiger partial charge in [-0.25, -0.2) is 4.79 Å². The molecule has 0 atom stereocenters. The van der Waals surface area contributed by atoms with E-state index in [2.05, 4.69) is 6.92 Å². The average molecular weight is 237 g/mol. The molecule has 0 amide bonds. The third-order valence-corrected chi connectivity index (χ3v) is 2.29. The molecule has 0 aliphatic heterocycles. The second-order valence-electron chi connectivity index (χ2n) is 4.57. The topological polar surface area (TPSA) is 50.1 Å². The summed E-state index contributed by atoms with van der Waals surface area (Å²) in [5.41, 5.74) is 0.141. The van der Waals surface area contributed by atoms with E-state index in [-0.39, 0.29) is 5.57 Å². The van der Waals surface area contributed by atoms with Crippen LogP contribution in [0.1, 0.15) is 52.9 Å². The fraction of sp³-hybridized carbons (Fsp3) is 0.714. The van der Waals surface area contributed by atoms with Crippen molar-refractivity contribution in [2.45, 2.75) is 52.9 Å². The van der Waals surface area contributed by atoms with Gasteiger partial charge in [0.1, 0.15) is 11.6 Å². The van der Waals surface area contributed by atoms with Crippen molar-refractivity contribution in [1.29, 1.82) is 5.26 Å². The smallest absolute Gasteiger partial charge is 0.348 e. The Morgan fingerprint density at radius 2 is 2.06 bits per heavy atom. The van der Waals surface area contributed by atoms with Crippen molar-refractivity contribution in [2.75, 3.05) is 6.61 Å². The second-order valence-corrected chi connectivity index (χ2v) is 4.57. The normalized spacial score (nSPS) is 11.4. The summed E-state index contributed by atoms with van der Waals surface area (Å²) in [7, 11) is 0. The number of ether oxygens (including phenoxy) is 1. The number of nitrogens with zero attached hydrogens (tertiary/aromatic N) is 1. The summed E-state index contributed by atoms with van der Waals surface area (Å²) in [4.78, 5) is 11.5. The molecular weight excluding hydrogens is 214 g/mol. The molecule has 0 aliphatic rings. The molecule has 0 heterocycles. The van der Waals surface area contributed by atoms with Gasteiger partial charge < -0.3 is 4.74 Å². The first-order valence-electron chi connectivity index (χ1n) is 6.39. The molecule has 0 saturated carbocycles. The van der Waals surface area contributed by atoms with Gasteiger partial charge in [0.15, 0.2) is 0 Å². The van der Waals surface area contributed by atoms with Crippen LogP contribution < -0.4 is 0 Å². The summed E-state index contributed by atoms with van der Waals surface area (Å²) in [6.45, 7) is 6.45. The van der Waals surface area contributed by atoms with Gasteiger partial charge >= 0.3 is 5.97 Å². The molecule has 0 radical (unpaired) electrons. The summed E-state index contributed by atoms with van der Waals surface area (Å²) in [6.07, 6.45) is 7.03. The summed E-state index contributed by atoms with van der Waals surface area (Å²) in [5.74, 6) is -0.194. The first kappa shape index (κ1) is 15.7. The first-order chi connectivity index (χ1) is 8.11. The molecule has 0 aromatic rings. The monoisotopic (exact) mass is 237 g/mol. The van der Waals surface area contributed by atoms with E-state index >= 15 is 0 Å². The molecule has 0 rings (SSSR count). The Balaban J connectivity index is 4.00. The third kappa shape index (κ3) is 8.50. The number of carbonyl (C=O) groups is 1. The van der Waals surface area contributed by atoms with Gasteiger partial charge in [0.25, 0.3) is 0 Å². The molecule has 96 valence electrons. The number of allylic oxidation sites excluding steroid dienone is 1. The van der Waals surface area contributed by atoms with Crippen LogP contribution in [0.5, 0.6) is 0 Å². The van der Waals surface area contributed by atoms with Crippen molar-refractivity contribution in [3.8, 4) is 6.07 Å². The summed E-state index contributed by atoms with van der Waals surface area (Å²) in [5, 5.41) is 8.85. The molecule has 3 heteroatoms. The Kier molecular flexibility index (Phi) is 9.14. The predicted molar refractivity (Wildman–Crippen MR) is 68.3 cm³/mol. The number of hydrogen-bond donors (Lipinski definition) is 0. The lowest BCUT2D eigenvalue weighted by Crippen LogP contribution is -2.11. The summed E-state index contributed by atoms with van der Waals surface area (Å²) >= 11 is 0. The molecular formula is C14H23NO2. The fourth-order valence-corrected chi connectivity index (χ4v) is 1.31. The Morgan fingerprint density at radius 3 is 2.59 bits per heavy atom. The molecule has 0 fully saturated rings. The van der Waals surface area contributed by atoms with E-state index in [4.69, 9.17) is 10.00 Å². The lowest BCUT2D eigenvalue weighted by Gasteiger charge is -2.05. The Labute approximate surface area is 104 Å². The lowest BCUT2D eigenvalue weighted by atomic mass is 10.1. The molecule has 3 nitrogen and oxygen atoms in total. The lowest BCUT2D eigenvalue weighted by molar-refractivity contribution is -0.139. The average Bonchev–Trinajstić information content (AvgIpc) is 2.31. The highest BCUT2D eigenvalue weighted by molar-refractivity contribution is 5.92.